The fourth-order valence-corrected chi connectivity index (χ4v) is 8.42. The standard InChI is InChI=1S/C54H35N3O2/c1-55-53(39-26-25-37-29-36(23-24-38(37)30-39)34-13-4-2-5-14-34)57-54(40-27-28-45-44-18-10-11-21-48(44)58-50(45)32-40)56-33-41-31-47-51-43(35-15-6-3-7-16-35)20-12-22-49(51)59-52(47)46-19-9-8-17-42(41)46/h2-32H,1,33H2. The third-order valence-corrected chi connectivity index (χ3v) is 11.3. The number of hydrogen-bond donors (Lipinski definition) is 0. The first-order valence-electron chi connectivity index (χ1n) is 19.7. The summed E-state index contributed by atoms with van der Waals surface area (Å²) in [4.78, 5) is 15.0. The Morgan fingerprint density at radius 1 is 0.441 bits per heavy atom. The van der Waals surface area contributed by atoms with E-state index in [1.165, 1.54) is 11.1 Å². The molecule has 11 aromatic rings. The molecule has 2 aromatic heterocycles. The van der Waals surface area contributed by atoms with Crippen molar-refractivity contribution in [2.24, 2.45) is 15.0 Å². The van der Waals surface area contributed by atoms with Gasteiger partial charge in [-0.05, 0) is 93.2 Å². The topological polar surface area (TPSA) is 63.4 Å². The number of aliphatic imine (C=N–C) groups is 3. The minimum absolute atomic E-state index is 0.359. The van der Waals surface area contributed by atoms with Gasteiger partial charge in [-0.25, -0.2) is 9.98 Å². The van der Waals surface area contributed by atoms with Crippen molar-refractivity contribution in [3.63, 3.8) is 0 Å². The third-order valence-electron chi connectivity index (χ3n) is 11.3. The Morgan fingerprint density at radius 2 is 1.10 bits per heavy atom. The average Bonchev–Trinajstić information content (AvgIpc) is 3.87. The van der Waals surface area contributed by atoms with E-state index in [0.29, 0.717) is 18.2 Å². The second-order valence-corrected chi connectivity index (χ2v) is 14.8. The summed E-state index contributed by atoms with van der Waals surface area (Å²) in [5.74, 6) is 1.01. The van der Waals surface area contributed by atoms with Gasteiger partial charge in [0.1, 0.15) is 22.3 Å². The third kappa shape index (κ3) is 6.08. The highest BCUT2D eigenvalue weighted by atomic mass is 16.3. The highest BCUT2D eigenvalue weighted by Crippen LogP contribution is 2.41. The van der Waals surface area contributed by atoms with E-state index in [9.17, 15) is 0 Å². The van der Waals surface area contributed by atoms with Crippen LogP contribution in [0.2, 0.25) is 0 Å². The SMILES string of the molecule is C=NC(=NC(=NCc1cc2c(oc3cccc(-c4ccccc4)c32)c2ccccc12)c1ccc2c(c1)oc1ccccc12)c1ccc2cc(-c3ccccc3)ccc2c1. The Kier molecular flexibility index (Phi) is 8.30. The van der Waals surface area contributed by atoms with Gasteiger partial charge in [0.2, 0.25) is 0 Å². The number of rotatable bonds is 6. The maximum atomic E-state index is 6.63. The van der Waals surface area contributed by atoms with Gasteiger partial charge < -0.3 is 8.83 Å². The summed E-state index contributed by atoms with van der Waals surface area (Å²) in [6, 6.07) is 64.9. The van der Waals surface area contributed by atoms with Crippen molar-refractivity contribution >= 4 is 83.8 Å². The summed E-state index contributed by atoms with van der Waals surface area (Å²) >= 11 is 0. The summed E-state index contributed by atoms with van der Waals surface area (Å²) in [6.07, 6.45) is 0. The lowest BCUT2D eigenvalue weighted by molar-refractivity contribution is 0.669. The summed E-state index contributed by atoms with van der Waals surface area (Å²) in [5, 5.41) is 8.58. The minimum Gasteiger partial charge on any atom is -0.456 e. The zero-order chi connectivity index (χ0) is 39.3. The number of hydrogen-bond acceptors (Lipinski definition) is 3. The molecule has 5 nitrogen and oxygen atoms in total. The van der Waals surface area contributed by atoms with E-state index in [0.717, 1.165) is 93.2 Å². The molecule has 0 N–H and O–H groups in total. The molecule has 2 heterocycles. The van der Waals surface area contributed by atoms with Gasteiger partial charge in [-0.1, -0.05) is 146 Å². The molecule has 0 aliphatic carbocycles. The Hall–Kier alpha value is -7.89. The van der Waals surface area contributed by atoms with Crippen LogP contribution in [0.1, 0.15) is 16.7 Å². The molecule has 0 saturated carbocycles. The monoisotopic (exact) mass is 757 g/mol. The summed E-state index contributed by atoms with van der Waals surface area (Å²) in [7, 11) is 0. The molecule has 59 heavy (non-hydrogen) atoms. The van der Waals surface area contributed by atoms with E-state index in [4.69, 9.17) is 18.8 Å². The van der Waals surface area contributed by atoms with Crippen molar-refractivity contribution in [1.29, 1.82) is 0 Å². The maximum Gasteiger partial charge on any atom is 0.161 e. The molecule has 9 aromatic carbocycles. The number of nitrogens with zero attached hydrogens (tertiary/aromatic N) is 3. The molecule has 5 heteroatoms. The van der Waals surface area contributed by atoms with Gasteiger partial charge in [0.05, 0.1) is 6.54 Å². The highest BCUT2D eigenvalue weighted by Gasteiger charge is 2.18. The Morgan fingerprint density at radius 3 is 1.93 bits per heavy atom. The molecule has 0 fully saturated rings. The Balaban J connectivity index is 1.07. The molecule has 0 saturated heterocycles. The molecular formula is C54H35N3O2. The fourth-order valence-electron chi connectivity index (χ4n) is 8.42. The van der Waals surface area contributed by atoms with Crippen molar-refractivity contribution in [3.8, 4) is 22.3 Å². The summed E-state index contributed by atoms with van der Waals surface area (Å²) < 4.78 is 13.0. The Labute approximate surface area is 339 Å². The highest BCUT2D eigenvalue weighted by molar-refractivity contribution is 6.20. The first-order chi connectivity index (χ1) is 29.2. The van der Waals surface area contributed by atoms with E-state index in [-0.39, 0.29) is 0 Å². The van der Waals surface area contributed by atoms with Crippen LogP contribution in [-0.2, 0) is 6.54 Å². The maximum absolute atomic E-state index is 6.63. The first-order valence-corrected chi connectivity index (χ1v) is 19.7. The van der Waals surface area contributed by atoms with E-state index in [2.05, 4.69) is 157 Å². The van der Waals surface area contributed by atoms with E-state index < -0.39 is 0 Å². The van der Waals surface area contributed by atoms with Gasteiger partial charge in [-0.15, -0.1) is 0 Å². The molecule has 278 valence electrons. The smallest absolute Gasteiger partial charge is 0.161 e. The van der Waals surface area contributed by atoms with Crippen molar-refractivity contribution in [3.05, 3.63) is 205 Å². The molecule has 0 unspecified atom stereocenters. The van der Waals surface area contributed by atoms with Crippen LogP contribution in [0.4, 0.5) is 0 Å². The Bertz CT molecular complexity index is 3480. The van der Waals surface area contributed by atoms with Gasteiger partial charge in [0.15, 0.2) is 11.7 Å². The zero-order valence-electron chi connectivity index (χ0n) is 32.0. The minimum atomic E-state index is 0.359. The van der Waals surface area contributed by atoms with Crippen LogP contribution in [0.25, 0.3) is 87.7 Å². The molecule has 0 aliphatic rings. The van der Waals surface area contributed by atoms with Gasteiger partial charge in [-0.3, -0.25) is 4.99 Å². The number of amidine groups is 2. The molecular weight excluding hydrogens is 723 g/mol. The number of furan rings is 2. The second-order valence-electron chi connectivity index (χ2n) is 14.8. The molecule has 0 aliphatic heterocycles. The summed E-state index contributed by atoms with van der Waals surface area (Å²) in [5.41, 5.74) is 10.7. The lowest BCUT2D eigenvalue weighted by atomic mass is 9.96. The van der Waals surface area contributed by atoms with E-state index in [1.54, 1.807) is 0 Å². The number of para-hydroxylation sites is 1. The van der Waals surface area contributed by atoms with E-state index >= 15 is 0 Å². The van der Waals surface area contributed by atoms with Gasteiger partial charge in [0.25, 0.3) is 0 Å². The lowest BCUT2D eigenvalue weighted by Crippen LogP contribution is -2.06. The van der Waals surface area contributed by atoms with Crippen molar-refractivity contribution in [1.82, 2.24) is 0 Å². The second kappa shape index (κ2) is 14.2. The van der Waals surface area contributed by atoms with Crippen molar-refractivity contribution in [2.75, 3.05) is 0 Å². The quantitative estimate of drug-likeness (QED) is 0.125. The molecule has 0 atom stereocenters. The predicted octanol–water partition coefficient (Wildman–Crippen LogP) is 14.2. The van der Waals surface area contributed by atoms with Crippen LogP contribution >= 0.6 is 0 Å². The molecule has 0 radical (unpaired) electrons. The normalized spacial score (nSPS) is 12.4. The van der Waals surface area contributed by atoms with Crippen molar-refractivity contribution < 1.29 is 8.83 Å². The van der Waals surface area contributed by atoms with Crippen LogP contribution in [0.3, 0.4) is 0 Å². The van der Waals surface area contributed by atoms with Gasteiger partial charge in [0, 0.05) is 38.1 Å². The zero-order valence-corrected chi connectivity index (χ0v) is 32.0. The molecule has 0 bridgehead atoms. The number of benzene rings is 9. The molecule has 0 amide bonds. The van der Waals surface area contributed by atoms with Crippen LogP contribution in [0.5, 0.6) is 0 Å². The number of fused-ring (bicyclic) bond motifs is 9. The summed E-state index contributed by atoms with van der Waals surface area (Å²) in [6.45, 7) is 4.34. The fraction of sp³-hybridized carbons (Fsp3) is 0.0185. The van der Waals surface area contributed by atoms with Gasteiger partial charge >= 0.3 is 0 Å². The molecule has 0 spiro atoms. The molecule has 11 rings (SSSR count). The predicted molar refractivity (Wildman–Crippen MR) is 246 cm³/mol. The largest absolute Gasteiger partial charge is 0.456 e. The van der Waals surface area contributed by atoms with Crippen LogP contribution in [-0.4, -0.2) is 18.4 Å². The van der Waals surface area contributed by atoms with Crippen molar-refractivity contribution in [2.45, 2.75) is 6.54 Å². The first kappa shape index (κ1) is 34.4. The van der Waals surface area contributed by atoms with Gasteiger partial charge in [-0.2, -0.15) is 0 Å². The van der Waals surface area contributed by atoms with Crippen LogP contribution in [0.15, 0.2) is 212 Å². The average molecular weight is 758 g/mol. The lowest BCUT2D eigenvalue weighted by Gasteiger charge is -2.10. The van der Waals surface area contributed by atoms with E-state index in [1.807, 2.05) is 42.5 Å². The van der Waals surface area contributed by atoms with Crippen LogP contribution < -0.4 is 0 Å². The van der Waals surface area contributed by atoms with Crippen LogP contribution in [0, 0.1) is 0 Å².